The summed E-state index contributed by atoms with van der Waals surface area (Å²) in [5.74, 6) is 3.94. The summed E-state index contributed by atoms with van der Waals surface area (Å²) in [6.45, 7) is 0.802. The van der Waals surface area contributed by atoms with Gasteiger partial charge in [-0.15, -0.1) is 0 Å². The number of carbonyl (C=O) groups is 1. The molecule has 4 aliphatic rings. The molecular weight excluding hydrogens is 224 g/mol. The molecule has 102 valence electrons. The summed E-state index contributed by atoms with van der Waals surface area (Å²) >= 11 is 0. The number of carbonyl (C=O) groups excluding carboxylic acids is 1. The van der Waals surface area contributed by atoms with Crippen LogP contribution in [0.15, 0.2) is 0 Å². The highest BCUT2D eigenvalue weighted by atomic mass is 16.2. The Morgan fingerprint density at radius 3 is 2.17 bits per heavy atom. The number of nitrogens with one attached hydrogen (secondary N) is 1. The summed E-state index contributed by atoms with van der Waals surface area (Å²) in [6, 6.07) is 0.558. The highest BCUT2D eigenvalue weighted by molar-refractivity contribution is 5.76. The van der Waals surface area contributed by atoms with Crippen molar-refractivity contribution in [1.82, 2.24) is 10.2 Å². The molecule has 4 aliphatic carbocycles. The van der Waals surface area contributed by atoms with Crippen molar-refractivity contribution < 1.29 is 4.79 Å². The molecule has 3 heteroatoms. The number of nitrogens with zero attached hydrogens (tertiary/aromatic N) is 1. The van der Waals surface area contributed by atoms with Gasteiger partial charge in [0.25, 0.3) is 0 Å². The molecule has 0 spiro atoms. The Kier molecular flexibility index (Phi) is 3.35. The van der Waals surface area contributed by atoms with Gasteiger partial charge in [-0.25, -0.2) is 0 Å². The van der Waals surface area contributed by atoms with Crippen molar-refractivity contribution in [3.8, 4) is 0 Å². The second kappa shape index (κ2) is 4.84. The second-order valence-corrected chi connectivity index (χ2v) is 6.78. The zero-order chi connectivity index (χ0) is 12.7. The van der Waals surface area contributed by atoms with E-state index in [2.05, 4.69) is 10.2 Å². The lowest BCUT2D eigenvalue weighted by molar-refractivity contribution is -0.141. The van der Waals surface area contributed by atoms with Gasteiger partial charge in [-0.2, -0.15) is 0 Å². The Bertz CT molecular complexity index is 300. The molecule has 3 nitrogen and oxygen atoms in total. The lowest BCUT2D eigenvalue weighted by Crippen LogP contribution is -2.56. The first-order valence-corrected chi connectivity index (χ1v) is 7.59. The summed E-state index contributed by atoms with van der Waals surface area (Å²) in [6.07, 6.45) is 7.69. The van der Waals surface area contributed by atoms with Crippen LogP contribution in [0, 0.1) is 23.7 Å². The molecule has 0 aromatic rings. The maximum atomic E-state index is 12.2. The summed E-state index contributed by atoms with van der Waals surface area (Å²) in [7, 11) is 3.96. The van der Waals surface area contributed by atoms with E-state index in [1.807, 2.05) is 14.1 Å². The predicted molar refractivity (Wildman–Crippen MR) is 72.1 cm³/mol. The molecule has 4 bridgehead atoms. The van der Waals surface area contributed by atoms with Crippen LogP contribution in [-0.2, 0) is 4.79 Å². The van der Waals surface area contributed by atoms with E-state index in [9.17, 15) is 4.79 Å². The third-order valence-corrected chi connectivity index (χ3v) is 5.61. The maximum Gasteiger partial charge on any atom is 0.223 e. The van der Waals surface area contributed by atoms with E-state index in [1.165, 1.54) is 32.1 Å². The number of amides is 1. The molecule has 4 fully saturated rings. The minimum absolute atomic E-state index is 0.335. The molecular formula is C15H26N2O. The van der Waals surface area contributed by atoms with Crippen molar-refractivity contribution in [2.75, 3.05) is 20.6 Å². The van der Waals surface area contributed by atoms with Crippen molar-refractivity contribution in [3.05, 3.63) is 0 Å². The average Bonchev–Trinajstić information content (AvgIpc) is 2.34. The molecule has 0 heterocycles. The number of hydrogen-bond acceptors (Lipinski definition) is 2. The molecule has 0 atom stereocenters. The topological polar surface area (TPSA) is 32.3 Å². The fourth-order valence-electron chi connectivity index (χ4n) is 5.10. The largest absolute Gasteiger partial charge is 0.342 e. The molecule has 0 unspecified atom stereocenters. The molecule has 1 N–H and O–H groups in total. The van der Waals surface area contributed by atoms with E-state index in [-0.39, 0.29) is 0 Å². The van der Waals surface area contributed by atoms with Crippen molar-refractivity contribution in [1.29, 1.82) is 0 Å². The molecule has 4 rings (SSSR count). The SMILES string of the molecule is CNCCC(=O)N(C)C1C2CC3CC(C2)CC1C3. The van der Waals surface area contributed by atoms with Crippen LogP contribution in [0.4, 0.5) is 0 Å². The third kappa shape index (κ3) is 2.07. The van der Waals surface area contributed by atoms with Crippen LogP contribution in [0.1, 0.15) is 38.5 Å². The lowest BCUT2D eigenvalue weighted by Gasteiger charge is -2.56. The van der Waals surface area contributed by atoms with Gasteiger partial charge in [0.1, 0.15) is 0 Å². The van der Waals surface area contributed by atoms with Gasteiger partial charge in [0.15, 0.2) is 0 Å². The van der Waals surface area contributed by atoms with Gasteiger partial charge in [0, 0.05) is 26.1 Å². The van der Waals surface area contributed by atoms with Gasteiger partial charge in [-0.05, 0) is 62.8 Å². The highest BCUT2D eigenvalue weighted by Gasteiger charge is 2.50. The fourth-order valence-corrected chi connectivity index (χ4v) is 5.10. The standard InChI is InChI=1S/C15H26N2O/c1-16-4-3-14(18)17(2)15-12-6-10-5-11(8-12)9-13(15)7-10/h10-13,15-16H,3-9H2,1-2H3. The number of hydrogen-bond donors (Lipinski definition) is 1. The molecule has 0 radical (unpaired) electrons. The molecule has 4 saturated carbocycles. The van der Waals surface area contributed by atoms with Crippen molar-refractivity contribution in [2.45, 2.75) is 44.6 Å². The molecule has 1 amide bonds. The van der Waals surface area contributed by atoms with Crippen LogP contribution in [0.5, 0.6) is 0 Å². The van der Waals surface area contributed by atoms with Gasteiger partial charge in [0.05, 0.1) is 0 Å². The van der Waals surface area contributed by atoms with Crippen LogP contribution < -0.4 is 5.32 Å². The highest BCUT2D eigenvalue weighted by Crippen LogP contribution is 2.54. The van der Waals surface area contributed by atoms with Crippen LogP contribution in [0.25, 0.3) is 0 Å². The van der Waals surface area contributed by atoms with E-state index < -0.39 is 0 Å². The Morgan fingerprint density at radius 1 is 1.11 bits per heavy atom. The second-order valence-electron chi connectivity index (χ2n) is 6.78. The molecule has 0 saturated heterocycles. The van der Waals surface area contributed by atoms with E-state index in [4.69, 9.17) is 0 Å². The van der Waals surface area contributed by atoms with Gasteiger partial charge in [-0.1, -0.05) is 0 Å². The van der Waals surface area contributed by atoms with Crippen LogP contribution in [-0.4, -0.2) is 37.5 Å². The summed E-state index contributed by atoms with van der Waals surface area (Å²) in [5, 5.41) is 3.07. The predicted octanol–water partition coefficient (Wildman–Crippen LogP) is 1.88. The van der Waals surface area contributed by atoms with Crippen molar-refractivity contribution in [2.24, 2.45) is 23.7 Å². The lowest BCUT2D eigenvalue weighted by atomic mass is 9.54. The van der Waals surface area contributed by atoms with Crippen LogP contribution in [0.2, 0.25) is 0 Å². The third-order valence-electron chi connectivity index (χ3n) is 5.61. The molecule has 0 aromatic heterocycles. The van der Waals surface area contributed by atoms with Gasteiger partial charge >= 0.3 is 0 Å². The molecule has 18 heavy (non-hydrogen) atoms. The maximum absolute atomic E-state index is 12.2. The molecule has 0 aromatic carbocycles. The fraction of sp³-hybridized carbons (Fsp3) is 0.933. The first kappa shape index (κ1) is 12.5. The molecule has 0 aliphatic heterocycles. The summed E-state index contributed by atoms with van der Waals surface area (Å²) < 4.78 is 0. The van der Waals surface area contributed by atoms with Crippen LogP contribution >= 0.6 is 0 Å². The van der Waals surface area contributed by atoms with Crippen LogP contribution in [0.3, 0.4) is 0 Å². The summed E-state index contributed by atoms with van der Waals surface area (Å²) in [4.78, 5) is 14.3. The Balaban J connectivity index is 1.67. The summed E-state index contributed by atoms with van der Waals surface area (Å²) in [5.41, 5.74) is 0. The zero-order valence-corrected chi connectivity index (χ0v) is 11.7. The average molecular weight is 250 g/mol. The Labute approximate surface area is 110 Å². The monoisotopic (exact) mass is 250 g/mol. The van der Waals surface area contributed by atoms with E-state index >= 15 is 0 Å². The van der Waals surface area contributed by atoms with Gasteiger partial charge in [-0.3, -0.25) is 4.79 Å². The number of rotatable bonds is 4. The first-order valence-electron chi connectivity index (χ1n) is 7.59. The van der Waals surface area contributed by atoms with Crippen molar-refractivity contribution in [3.63, 3.8) is 0 Å². The smallest absolute Gasteiger partial charge is 0.223 e. The zero-order valence-electron chi connectivity index (χ0n) is 11.7. The van der Waals surface area contributed by atoms with E-state index in [0.29, 0.717) is 18.4 Å². The quantitative estimate of drug-likeness (QED) is 0.826. The first-order chi connectivity index (χ1) is 8.69. The van der Waals surface area contributed by atoms with Crippen molar-refractivity contribution >= 4 is 5.91 Å². The minimum Gasteiger partial charge on any atom is -0.342 e. The normalized spacial score (nSPS) is 41.1. The Hall–Kier alpha value is -0.570. The van der Waals surface area contributed by atoms with E-state index in [0.717, 1.165) is 30.2 Å². The van der Waals surface area contributed by atoms with Gasteiger partial charge in [0.2, 0.25) is 5.91 Å². The minimum atomic E-state index is 0.335. The van der Waals surface area contributed by atoms with E-state index in [1.54, 1.807) is 0 Å². The Morgan fingerprint density at radius 2 is 1.67 bits per heavy atom. The van der Waals surface area contributed by atoms with Gasteiger partial charge < -0.3 is 10.2 Å².